The molecule has 18 heavy (non-hydrogen) atoms. The minimum atomic E-state index is 0.407. The summed E-state index contributed by atoms with van der Waals surface area (Å²) < 4.78 is 2.09. The zero-order valence-electron chi connectivity index (χ0n) is 9.49. The van der Waals surface area contributed by atoms with Gasteiger partial charge in [0.15, 0.2) is 10.4 Å². The number of aliphatic imine (C=N–C) groups is 1. The van der Waals surface area contributed by atoms with Crippen molar-refractivity contribution in [1.82, 2.24) is 19.7 Å². The van der Waals surface area contributed by atoms with Crippen LogP contribution in [0.5, 0.6) is 0 Å². The molecule has 0 aliphatic carbocycles. The first-order valence-electron chi connectivity index (χ1n) is 5.23. The van der Waals surface area contributed by atoms with Gasteiger partial charge in [-0.25, -0.2) is 9.98 Å². The maximum Gasteiger partial charge on any atom is 0.200 e. The number of H-pyrrole nitrogens is 1. The molecule has 3 aromatic heterocycles. The van der Waals surface area contributed by atoms with Crippen molar-refractivity contribution in [1.29, 1.82) is 0 Å². The fourth-order valence-electron chi connectivity index (χ4n) is 1.62. The molecule has 0 unspecified atom stereocenters. The van der Waals surface area contributed by atoms with E-state index in [0.29, 0.717) is 10.6 Å². The maximum absolute atomic E-state index is 5.09. The third-order valence-corrected chi connectivity index (χ3v) is 3.46. The smallest absolute Gasteiger partial charge is 0.200 e. The quantitative estimate of drug-likeness (QED) is 0.578. The first-order valence-corrected chi connectivity index (χ1v) is 6.52. The Kier molecular flexibility index (Phi) is 2.77. The Bertz CT molecular complexity index is 766. The van der Waals surface area contributed by atoms with Gasteiger partial charge in [-0.05, 0) is 23.7 Å². The van der Waals surface area contributed by atoms with Crippen molar-refractivity contribution in [3.05, 3.63) is 33.4 Å². The van der Waals surface area contributed by atoms with E-state index in [1.165, 1.54) is 0 Å². The Morgan fingerprint density at radius 3 is 3.22 bits per heavy atom. The summed E-state index contributed by atoms with van der Waals surface area (Å²) >= 11 is 6.72. The zero-order valence-corrected chi connectivity index (χ0v) is 11.1. The van der Waals surface area contributed by atoms with Gasteiger partial charge < -0.3 is 4.98 Å². The third kappa shape index (κ3) is 1.98. The van der Waals surface area contributed by atoms with E-state index >= 15 is 0 Å². The fraction of sp³-hybridized carbons (Fsp3) is 0.0909. The van der Waals surface area contributed by atoms with Crippen LogP contribution in [0.15, 0.2) is 28.7 Å². The number of aryl methyl sites for hydroxylation is 1. The first kappa shape index (κ1) is 11.2. The van der Waals surface area contributed by atoms with Crippen LogP contribution in [0.4, 0.5) is 5.82 Å². The number of rotatable bonds is 2. The minimum Gasteiger partial charge on any atom is -0.315 e. The molecule has 7 heteroatoms. The second-order valence-electron chi connectivity index (χ2n) is 3.67. The molecule has 0 radical (unpaired) electrons. The van der Waals surface area contributed by atoms with Gasteiger partial charge in [-0.3, -0.25) is 4.68 Å². The normalized spacial score (nSPS) is 11.6. The predicted molar refractivity (Wildman–Crippen MR) is 75.3 cm³/mol. The Labute approximate surface area is 112 Å². The molecular weight excluding hydrogens is 266 g/mol. The van der Waals surface area contributed by atoms with Crippen molar-refractivity contribution in [3.63, 3.8) is 0 Å². The number of thiophene rings is 1. The molecular formula is C11H9N5S2. The van der Waals surface area contributed by atoms with E-state index in [4.69, 9.17) is 12.2 Å². The van der Waals surface area contributed by atoms with Gasteiger partial charge in [0.25, 0.3) is 0 Å². The summed E-state index contributed by atoms with van der Waals surface area (Å²) in [4.78, 5) is 12.7. The van der Waals surface area contributed by atoms with E-state index in [1.54, 1.807) is 28.4 Å². The number of hydrogen-bond donors (Lipinski definition) is 1. The molecule has 0 saturated heterocycles. The molecule has 3 rings (SSSR count). The highest BCUT2D eigenvalue weighted by Crippen LogP contribution is 2.21. The first-order chi connectivity index (χ1) is 8.74. The maximum atomic E-state index is 5.09. The monoisotopic (exact) mass is 275 g/mol. The van der Waals surface area contributed by atoms with Crippen molar-refractivity contribution in [3.8, 4) is 0 Å². The van der Waals surface area contributed by atoms with E-state index in [1.807, 2.05) is 24.6 Å². The standard InChI is InChI=1S/C11H9N5S2/c1-16-10-8(6-13-16)9(14-11(17)15-10)12-5-7-3-2-4-18-7/h2-6H,1H3,(H,14,15,17)/b12-5+. The van der Waals surface area contributed by atoms with Gasteiger partial charge >= 0.3 is 0 Å². The van der Waals surface area contributed by atoms with E-state index in [0.717, 1.165) is 15.9 Å². The van der Waals surface area contributed by atoms with Gasteiger partial charge in [0.2, 0.25) is 0 Å². The number of aromatic amines is 1. The molecule has 0 fully saturated rings. The highest BCUT2D eigenvalue weighted by atomic mass is 32.1. The molecule has 0 amide bonds. The lowest BCUT2D eigenvalue weighted by atomic mass is 10.4. The van der Waals surface area contributed by atoms with E-state index < -0.39 is 0 Å². The van der Waals surface area contributed by atoms with Gasteiger partial charge in [-0.15, -0.1) is 11.3 Å². The van der Waals surface area contributed by atoms with Crippen LogP contribution in [0, 0.1) is 4.77 Å². The van der Waals surface area contributed by atoms with Gasteiger partial charge in [0.1, 0.15) is 5.82 Å². The minimum absolute atomic E-state index is 0.407. The molecule has 0 saturated carbocycles. The van der Waals surface area contributed by atoms with Crippen molar-refractivity contribution in [2.45, 2.75) is 0 Å². The van der Waals surface area contributed by atoms with Crippen LogP contribution < -0.4 is 0 Å². The second-order valence-corrected chi connectivity index (χ2v) is 5.04. The predicted octanol–water partition coefficient (Wildman–Crippen LogP) is 2.84. The zero-order chi connectivity index (χ0) is 12.5. The molecule has 3 heterocycles. The summed E-state index contributed by atoms with van der Waals surface area (Å²) in [5.74, 6) is 0.687. The summed E-state index contributed by atoms with van der Waals surface area (Å²) in [5, 5.41) is 7.03. The molecule has 3 aromatic rings. The van der Waals surface area contributed by atoms with Crippen LogP contribution in [0.2, 0.25) is 0 Å². The summed E-state index contributed by atoms with van der Waals surface area (Å²) in [7, 11) is 1.83. The van der Waals surface area contributed by atoms with Crippen molar-refractivity contribution in [2.24, 2.45) is 12.0 Å². The van der Waals surface area contributed by atoms with E-state index in [-0.39, 0.29) is 0 Å². The average Bonchev–Trinajstić information content (AvgIpc) is 2.97. The van der Waals surface area contributed by atoms with Crippen LogP contribution in [0.3, 0.4) is 0 Å². The van der Waals surface area contributed by atoms with Crippen LogP contribution in [0.25, 0.3) is 11.0 Å². The topological polar surface area (TPSA) is 58.9 Å². The Morgan fingerprint density at radius 1 is 1.56 bits per heavy atom. The average molecular weight is 275 g/mol. The molecule has 0 aliphatic heterocycles. The number of nitrogens with one attached hydrogen (secondary N) is 1. The molecule has 0 aliphatic rings. The number of nitrogens with zero attached hydrogens (tertiary/aromatic N) is 4. The molecule has 0 spiro atoms. The van der Waals surface area contributed by atoms with Crippen LogP contribution in [0.1, 0.15) is 4.88 Å². The highest BCUT2D eigenvalue weighted by Gasteiger charge is 2.06. The van der Waals surface area contributed by atoms with Crippen LogP contribution in [-0.2, 0) is 7.05 Å². The van der Waals surface area contributed by atoms with Gasteiger partial charge in [0, 0.05) is 18.1 Å². The highest BCUT2D eigenvalue weighted by molar-refractivity contribution is 7.71. The van der Waals surface area contributed by atoms with Crippen LogP contribution >= 0.6 is 23.6 Å². The second kappa shape index (κ2) is 4.43. The van der Waals surface area contributed by atoms with Gasteiger partial charge in [-0.2, -0.15) is 5.10 Å². The summed E-state index contributed by atoms with van der Waals surface area (Å²) in [6.45, 7) is 0. The number of hydrogen-bond acceptors (Lipinski definition) is 5. The van der Waals surface area contributed by atoms with Crippen molar-refractivity contribution >= 4 is 46.6 Å². The lowest BCUT2D eigenvalue weighted by molar-refractivity contribution is 0.784. The van der Waals surface area contributed by atoms with Gasteiger partial charge in [-0.1, -0.05) is 6.07 Å². The van der Waals surface area contributed by atoms with Crippen molar-refractivity contribution < 1.29 is 0 Å². The van der Waals surface area contributed by atoms with E-state index in [2.05, 4.69) is 20.1 Å². The molecule has 5 nitrogen and oxygen atoms in total. The molecule has 0 bridgehead atoms. The van der Waals surface area contributed by atoms with Crippen LogP contribution in [-0.4, -0.2) is 26.0 Å². The Hall–Kier alpha value is -1.86. The summed E-state index contributed by atoms with van der Waals surface area (Å²) in [6, 6.07) is 3.99. The lowest BCUT2D eigenvalue weighted by Crippen LogP contribution is -1.93. The lowest BCUT2D eigenvalue weighted by Gasteiger charge is -1.97. The summed E-state index contributed by atoms with van der Waals surface area (Å²) in [6.07, 6.45) is 3.53. The molecule has 90 valence electrons. The summed E-state index contributed by atoms with van der Waals surface area (Å²) in [5.41, 5.74) is 0.733. The number of fused-ring (bicyclic) bond motifs is 1. The fourth-order valence-corrected chi connectivity index (χ4v) is 2.39. The molecule has 0 aromatic carbocycles. The largest absolute Gasteiger partial charge is 0.315 e. The third-order valence-electron chi connectivity index (χ3n) is 2.46. The number of aromatic nitrogens is 4. The van der Waals surface area contributed by atoms with E-state index in [9.17, 15) is 0 Å². The molecule has 0 atom stereocenters. The van der Waals surface area contributed by atoms with Gasteiger partial charge in [0.05, 0.1) is 11.6 Å². The Balaban J connectivity index is 2.14. The SMILES string of the molecule is Cn1ncc2c(/N=C/c3cccs3)[nH]c(=S)nc21. The van der Waals surface area contributed by atoms with Crippen molar-refractivity contribution in [2.75, 3.05) is 0 Å². The molecule has 1 N–H and O–H groups in total. The Morgan fingerprint density at radius 2 is 2.44 bits per heavy atom.